The maximum Gasteiger partial charge on any atom is 0.308 e. The molecule has 7 nitrogen and oxygen atoms in total. The second-order valence-corrected chi connectivity index (χ2v) is 5.31. The summed E-state index contributed by atoms with van der Waals surface area (Å²) in [5.74, 6) is 1.01. The second kappa shape index (κ2) is 7.52. The van der Waals surface area contributed by atoms with Crippen LogP contribution in [0.15, 0.2) is 47.0 Å². The molecule has 0 saturated carbocycles. The van der Waals surface area contributed by atoms with Crippen LogP contribution in [0.5, 0.6) is 17.2 Å². The molecule has 1 aromatic heterocycles. The van der Waals surface area contributed by atoms with Gasteiger partial charge in [0.05, 0.1) is 12.7 Å². The molecule has 0 bridgehead atoms. The number of ether oxygens (including phenoxy) is 2. The molecule has 0 amide bonds. The molecule has 1 N–H and O–H groups in total. The van der Waals surface area contributed by atoms with Crippen LogP contribution in [0.4, 0.5) is 0 Å². The van der Waals surface area contributed by atoms with Crippen molar-refractivity contribution in [2.24, 2.45) is 0 Å². The molecule has 0 atom stereocenters. The number of methoxy groups -OCH3 is 1. The molecule has 0 saturated heterocycles. The molecule has 0 aliphatic heterocycles. The Labute approximate surface area is 149 Å². The van der Waals surface area contributed by atoms with E-state index in [1.165, 1.54) is 14.0 Å². The summed E-state index contributed by atoms with van der Waals surface area (Å²) >= 11 is 0. The largest absolute Gasteiger partial charge is 0.507 e. The molecule has 3 rings (SSSR count). The van der Waals surface area contributed by atoms with Crippen molar-refractivity contribution in [2.75, 3.05) is 7.11 Å². The highest BCUT2D eigenvalue weighted by atomic mass is 16.6. The molecule has 132 valence electrons. The number of hydrogen-bond donors (Lipinski definition) is 1. The lowest BCUT2D eigenvalue weighted by molar-refractivity contribution is -0.132. The number of aromatic nitrogens is 2. The average molecular weight is 352 g/mol. The van der Waals surface area contributed by atoms with E-state index in [2.05, 4.69) is 10.1 Å². The number of phenolic OH excluding ortho intramolecular Hbond substituents is 1. The number of phenols is 1. The zero-order valence-electron chi connectivity index (χ0n) is 14.2. The molecule has 0 spiro atoms. The van der Waals surface area contributed by atoms with Crippen LogP contribution in [0.3, 0.4) is 0 Å². The Bertz CT molecular complexity index is 962. The van der Waals surface area contributed by atoms with E-state index >= 15 is 0 Å². The number of nitrogens with zero attached hydrogens (tertiary/aromatic N) is 2. The molecule has 0 aliphatic rings. The minimum atomic E-state index is -0.421. The van der Waals surface area contributed by atoms with Crippen LogP contribution in [0.1, 0.15) is 18.3 Å². The van der Waals surface area contributed by atoms with Crippen molar-refractivity contribution < 1.29 is 23.9 Å². The lowest BCUT2D eigenvalue weighted by Crippen LogP contribution is -2.02. The Kier molecular flexibility index (Phi) is 4.98. The summed E-state index contributed by atoms with van der Waals surface area (Å²) in [6, 6.07) is 11.8. The van der Waals surface area contributed by atoms with Gasteiger partial charge < -0.3 is 19.1 Å². The summed E-state index contributed by atoms with van der Waals surface area (Å²) < 4.78 is 15.5. The number of carbonyl (C=O) groups excluding carboxylic acids is 1. The van der Waals surface area contributed by atoms with Crippen LogP contribution in [0, 0.1) is 0 Å². The number of esters is 1. The Morgan fingerprint density at radius 3 is 2.69 bits per heavy atom. The van der Waals surface area contributed by atoms with Crippen LogP contribution < -0.4 is 9.47 Å². The molecule has 2 aromatic carbocycles. The molecule has 1 heterocycles. The first-order valence-corrected chi connectivity index (χ1v) is 7.73. The fraction of sp³-hybridized carbons (Fsp3) is 0.105. The number of hydrogen-bond acceptors (Lipinski definition) is 7. The van der Waals surface area contributed by atoms with Gasteiger partial charge in [0.25, 0.3) is 5.89 Å². The smallest absolute Gasteiger partial charge is 0.308 e. The first-order chi connectivity index (χ1) is 12.6. The van der Waals surface area contributed by atoms with E-state index in [1.54, 1.807) is 54.6 Å². The minimum Gasteiger partial charge on any atom is -0.507 e. The van der Waals surface area contributed by atoms with Crippen molar-refractivity contribution in [3.05, 3.63) is 53.9 Å². The molecule has 0 unspecified atom stereocenters. The quantitative estimate of drug-likeness (QED) is 0.554. The molecule has 3 aromatic rings. The maximum absolute atomic E-state index is 11.1. The van der Waals surface area contributed by atoms with E-state index in [1.807, 2.05) is 0 Å². The second-order valence-electron chi connectivity index (χ2n) is 5.31. The number of rotatable bonds is 5. The lowest BCUT2D eigenvalue weighted by Gasteiger charge is -2.08. The van der Waals surface area contributed by atoms with Gasteiger partial charge in [-0.15, -0.1) is 0 Å². The van der Waals surface area contributed by atoms with E-state index in [0.717, 1.165) is 5.56 Å². The Balaban J connectivity index is 1.80. The molecular formula is C19H16N2O5. The van der Waals surface area contributed by atoms with Crippen LogP contribution in [-0.2, 0) is 4.79 Å². The Morgan fingerprint density at radius 1 is 1.15 bits per heavy atom. The van der Waals surface area contributed by atoms with Gasteiger partial charge in [-0.25, -0.2) is 0 Å². The zero-order chi connectivity index (χ0) is 18.5. The summed E-state index contributed by atoms with van der Waals surface area (Å²) in [5.41, 5.74) is 1.26. The van der Waals surface area contributed by atoms with Gasteiger partial charge in [0.1, 0.15) is 5.75 Å². The van der Waals surface area contributed by atoms with Gasteiger partial charge in [-0.3, -0.25) is 4.79 Å². The van der Waals surface area contributed by atoms with Crippen LogP contribution >= 0.6 is 0 Å². The predicted molar refractivity (Wildman–Crippen MR) is 94.6 cm³/mol. The first kappa shape index (κ1) is 17.2. The average Bonchev–Trinajstić information content (AvgIpc) is 3.09. The molecule has 0 radical (unpaired) electrons. The van der Waals surface area contributed by atoms with Gasteiger partial charge in [-0.1, -0.05) is 29.4 Å². The van der Waals surface area contributed by atoms with Gasteiger partial charge in [0.15, 0.2) is 17.3 Å². The van der Waals surface area contributed by atoms with E-state index in [0.29, 0.717) is 22.9 Å². The Morgan fingerprint density at radius 2 is 1.96 bits per heavy atom. The maximum atomic E-state index is 11.1. The summed E-state index contributed by atoms with van der Waals surface area (Å²) in [4.78, 5) is 15.3. The molecule has 0 fully saturated rings. The fourth-order valence-corrected chi connectivity index (χ4v) is 2.26. The van der Waals surface area contributed by atoms with Crippen molar-refractivity contribution in [2.45, 2.75) is 6.92 Å². The van der Waals surface area contributed by atoms with Crippen molar-refractivity contribution >= 4 is 18.1 Å². The van der Waals surface area contributed by atoms with Gasteiger partial charge in [-0.05, 0) is 35.9 Å². The molecule has 7 heteroatoms. The van der Waals surface area contributed by atoms with E-state index < -0.39 is 5.97 Å². The van der Waals surface area contributed by atoms with Gasteiger partial charge in [0, 0.05) is 6.92 Å². The summed E-state index contributed by atoms with van der Waals surface area (Å²) in [5, 5.41) is 13.7. The SMILES string of the molecule is COc1cc(C=Cc2noc(-c3ccccc3O)n2)ccc1OC(C)=O. The van der Waals surface area contributed by atoms with Gasteiger partial charge >= 0.3 is 5.97 Å². The normalized spacial score (nSPS) is 10.8. The van der Waals surface area contributed by atoms with Gasteiger partial charge in [0.2, 0.25) is 0 Å². The van der Waals surface area contributed by atoms with E-state index in [9.17, 15) is 9.90 Å². The summed E-state index contributed by atoms with van der Waals surface area (Å²) in [7, 11) is 1.49. The van der Waals surface area contributed by atoms with Crippen molar-refractivity contribution in [1.29, 1.82) is 0 Å². The number of para-hydroxylation sites is 1. The van der Waals surface area contributed by atoms with Gasteiger partial charge in [-0.2, -0.15) is 4.98 Å². The summed E-state index contributed by atoms with van der Waals surface area (Å²) in [6.07, 6.45) is 3.42. The topological polar surface area (TPSA) is 94.7 Å². The van der Waals surface area contributed by atoms with Crippen molar-refractivity contribution in [1.82, 2.24) is 10.1 Å². The van der Waals surface area contributed by atoms with Crippen LogP contribution in [-0.4, -0.2) is 28.3 Å². The predicted octanol–water partition coefficient (Wildman–Crippen LogP) is 3.55. The van der Waals surface area contributed by atoms with E-state index in [-0.39, 0.29) is 11.6 Å². The number of aromatic hydroxyl groups is 1. The minimum absolute atomic E-state index is 0.0671. The third-order valence-corrected chi connectivity index (χ3v) is 3.44. The third kappa shape index (κ3) is 3.89. The van der Waals surface area contributed by atoms with Crippen molar-refractivity contribution in [3.63, 3.8) is 0 Å². The van der Waals surface area contributed by atoms with Crippen LogP contribution in [0.2, 0.25) is 0 Å². The molecule has 26 heavy (non-hydrogen) atoms. The standard InChI is InChI=1S/C19H16N2O5/c1-12(22)25-16-9-7-13(11-17(16)24-2)8-10-18-20-19(26-21-18)14-5-3-4-6-15(14)23/h3-11,23H,1-2H3. The zero-order valence-corrected chi connectivity index (χ0v) is 14.2. The molecular weight excluding hydrogens is 336 g/mol. The number of benzene rings is 2. The highest BCUT2D eigenvalue weighted by Gasteiger charge is 2.11. The lowest BCUT2D eigenvalue weighted by atomic mass is 10.2. The fourth-order valence-electron chi connectivity index (χ4n) is 2.26. The molecule has 0 aliphatic carbocycles. The van der Waals surface area contributed by atoms with Crippen molar-refractivity contribution in [3.8, 4) is 28.7 Å². The summed E-state index contributed by atoms with van der Waals surface area (Å²) in [6.45, 7) is 1.33. The third-order valence-electron chi connectivity index (χ3n) is 3.44. The number of carbonyl (C=O) groups is 1. The highest BCUT2D eigenvalue weighted by Crippen LogP contribution is 2.29. The Hall–Kier alpha value is -3.61. The highest BCUT2D eigenvalue weighted by molar-refractivity contribution is 5.73. The monoisotopic (exact) mass is 352 g/mol. The first-order valence-electron chi connectivity index (χ1n) is 7.73. The van der Waals surface area contributed by atoms with Crippen LogP contribution in [0.25, 0.3) is 23.6 Å². The van der Waals surface area contributed by atoms with E-state index in [4.69, 9.17) is 14.0 Å².